The summed E-state index contributed by atoms with van der Waals surface area (Å²) in [6.45, 7) is 14.4. The molecule has 0 amide bonds. The number of hydrogen-bond donors (Lipinski definition) is 1. The predicted molar refractivity (Wildman–Crippen MR) is 89.3 cm³/mol. The first-order valence-electron chi connectivity index (χ1n) is 8.90. The minimum absolute atomic E-state index is 0.341. The fourth-order valence-electron chi connectivity index (χ4n) is 4.50. The minimum Gasteiger partial charge on any atom is -0.373 e. The first-order chi connectivity index (χ1) is 9.81. The van der Waals surface area contributed by atoms with Crippen LogP contribution in [0.5, 0.6) is 0 Å². The summed E-state index contributed by atoms with van der Waals surface area (Å²) in [6.07, 6.45) is 6.14. The maximum atomic E-state index is 6.16. The van der Waals surface area contributed by atoms with Crippen molar-refractivity contribution in [2.45, 2.75) is 78.6 Å². The molecular weight excluding hydrogens is 260 g/mol. The third-order valence-corrected chi connectivity index (χ3v) is 5.70. The van der Waals surface area contributed by atoms with Crippen LogP contribution in [0.1, 0.15) is 60.3 Å². The number of ether oxygens (including phenoxy) is 1. The van der Waals surface area contributed by atoms with Crippen LogP contribution in [0.4, 0.5) is 0 Å². The molecule has 124 valence electrons. The summed E-state index contributed by atoms with van der Waals surface area (Å²) in [6, 6.07) is 0.555. The second kappa shape index (κ2) is 6.97. The lowest BCUT2D eigenvalue weighted by atomic mass is 9.68. The zero-order valence-electron chi connectivity index (χ0n) is 14.8. The highest BCUT2D eigenvalue weighted by Crippen LogP contribution is 2.41. The molecular formula is C18H36N2O. The van der Waals surface area contributed by atoms with E-state index in [1.807, 2.05) is 0 Å². The molecule has 21 heavy (non-hydrogen) atoms. The SMILES string of the molecule is CC1CN(C(CN)C2CCC(C(C)(C)C)CC2)CC(C)O1. The van der Waals surface area contributed by atoms with Crippen molar-refractivity contribution in [2.24, 2.45) is 23.0 Å². The Hall–Kier alpha value is -0.120. The molecule has 2 aliphatic rings. The predicted octanol–water partition coefficient (Wildman–Crippen LogP) is 3.28. The first-order valence-corrected chi connectivity index (χ1v) is 8.90. The van der Waals surface area contributed by atoms with Gasteiger partial charge in [-0.3, -0.25) is 4.90 Å². The first kappa shape index (κ1) is 17.2. The molecule has 0 spiro atoms. The van der Waals surface area contributed by atoms with Gasteiger partial charge in [-0.15, -0.1) is 0 Å². The van der Waals surface area contributed by atoms with Crippen LogP contribution >= 0.6 is 0 Å². The summed E-state index contributed by atoms with van der Waals surface area (Å²) in [5, 5.41) is 0. The Morgan fingerprint density at radius 3 is 2.00 bits per heavy atom. The van der Waals surface area contributed by atoms with Gasteiger partial charge in [-0.05, 0) is 56.8 Å². The monoisotopic (exact) mass is 296 g/mol. The summed E-state index contributed by atoms with van der Waals surface area (Å²) < 4.78 is 5.88. The Labute approximate surface area is 131 Å². The molecule has 2 N–H and O–H groups in total. The van der Waals surface area contributed by atoms with Crippen LogP contribution in [0.25, 0.3) is 0 Å². The largest absolute Gasteiger partial charge is 0.373 e. The summed E-state index contributed by atoms with van der Waals surface area (Å²) in [4.78, 5) is 2.61. The van der Waals surface area contributed by atoms with Crippen molar-refractivity contribution in [1.29, 1.82) is 0 Å². The standard InChI is InChI=1S/C18H36N2O/c1-13-11-20(12-14(2)21-13)17(10-19)15-6-8-16(9-7-15)18(3,4)5/h13-17H,6-12,19H2,1-5H3. The average molecular weight is 296 g/mol. The summed E-state index contributed by atoms with van der Waals surface area (Å²) in [5.41, 5.74) is 6.63. The third kappa shape index (κ3) is 4.43. The molecule has 0 bridgehead atoms. The van der Waals surface area contributed by atoms with Gasteiger partial charge >= 0.3 is 0 Å². The highest BCUT2D eigenvalue weighted by molar-refractivity contribution is 4.89. The van der Waals surface area contributed by atoms with Crippen molar-refractivity contribution < 1.29 is 4.74 Å². The molecule has 1 saturated heterocycles. The molecule has 3 heteroatoms. The molecule has 0 aromatic rings. The molecule has 3 atom stereocenters. The Morgan fingerprint density at radius 2 is 1.57 bits per heavy atom. The molecule has 0 aromatic heterocycles. The molecule has 1 heterocycles. The second-order valence-corrected chi connectivity index (χ2v) is 8.49. The van der Waals surface area contributed by atoms with Gasteiger partial charge in [0.25, 0.3) is 0 Å². The van der Waals surface area contributed by atoms with Crippen LogP contribution < -0.4 is 5.73 Å². The minimum atomic E-state index is 0.341. The van der Waals surface area contributed by atoms with Crippen molar-refractivity contribution in [3.8, 4) is 0 Å². The second-order valence-electron chi connectivity index (χ2n) is 8.49. The van der Waals surface area contributed by atoms with Gasteiger partial charge in [0.05, 0.1) is 12.2 Å². The van der Waals surface area contributed by atoms with E-state index in [0.29, 0.717) is 23.7 Å². The van der Waals surface area contributed by atoms with Crippen LogP contribution in [0.15, 0.2) is 0 Å². The fourth-order valence-corrected chi connectivity index (χ4v) is 4.50. The smallest absolute Gasteiger partial charge is 0.0678 e. The van der Waals surface area contributed by atoms with Gasteiger partial charge in [0, 0.05) is 25.7 Å². The van der Waals surface area contributed by atoms with Crippen LogP contribution in [-0.4, -0.2) is 42.8 Å². The van der Waals surface area contributed by atoms with Crippen molar-refractivity contribution in [2.75, 3.05) is 19.6 Å². The number of nitrogens with zero attached hydrogens (tertiary/aromatic N) is 1. The van der Waals surface area contributed by atoms with Gasteiger partial charge in [-0.25, -0.2) is 0 Å². The normalized spacial score (nSPS) is 37.4. The zero-order valence-corrected chi connectivity index (χ0v) is 14.8. The van der Waals surface area contributed by atoms with E-state index < -0.39 is 0 Å². The zero-order chi connectivity index (χ0) is 15.6. The van der Waals surface area contributed by atoms with E-state index in [4.69, 9.17) is 10.5 Å². The van der Waals surface area contributed by atoms with E-state index >= 15 is 0 Å². The van der Waals surface area contributed by atoms with Crippen molar-refractivity contribution in [3.63, 3.8) is 0 Å². The van der Waals surface area contributed by atoms with Gasteiger partial charge in [-0.2, -0.15) is 0 Å². The maximum absolute atomic E-state index is 6.16. The van der Waals surface area contributed by atoms with E-state index in [-0.39, 0.29) is 0 Å². The lowest BCUT2D eigenvalue weighted by molar-refractivity contribution is -0.0888. The Bertz CT molecular complexity index is 308. The summed E-state index contributed by atoms with van der Waals surface area (Å²) in [5.74, 6) is 1.67. The van der Waals surface area contributed by atoms with Gasteiger partial charge in [0.15, 0.2) is 0 Å². The number of morpholine rings is 1. The topological polar surface area (TPSA) is 38.5 Å². The summed E-state index contributed by atoms with van der Waals surface area (Å²) in [7, 11) is 0. The van der Waals surface area contributed by atoms with Crippen LogP contribution in [0, 0.1) is 17.3 Å². The van der Waals surface area contributed by atoms with Crippen LogP contribution in [0.3, 0.4) is 0 Å². The van der Waals surface area contributed by atoms with E-state index in [0.717, 1.165) is 31.5 Å². The lowest BCUT2D eigenvalue weighted by Gasteiger charge is -2.45. The fraction of sp³-hybridized carbons (Fsp3) is 1.00. The quantitative estimate of drug-likeness (QED) is 0.868. The highest BCUT2D eigenvalue weighted by atomic mass is 16.5. The Kier molecular flexibility index (Phi) is 5.72. The van der Waals surface area contributed by atoms with Crippen molar-refractivity contribution >= 4 is 0 Å². The van der Waals surface area contributed by atoms with E-state index in [2.05, 4.69) is 39.5 Å². The molecule has 1 saturated carbocycles. The van der Waals surface area contributed by atoms with Gasteiger partial charge < -0.3 is 10.5 Å². The highest BCUT2D eigenvalue weighted by Gasteiger charge is 2.36. The van der Waals surface area contributed by atoms with Crippen molar-refractivity contribution in [3.05, 3.63) is 0 Å². The number of nitrogens with two attached hydrogens (primary N) is 1. The van der Waals surface area contributed by atoms with E-state index in [1.165, 1.54) is 25.7 Å². The molecule has 0 radical (unpaired) electrons. The van der Waals surface area contributed by atoms with E-state index in [1.54, 1.807) is 0 Å². The number of rotatable bonds is 3. The van der Waals surface area contributed by atoms with Gasteiger partial charge in [0.1, 0.15) is 0 Å². The molecule has 2 rings (SSSR count). The van der Waals surface area contributed by atoms with Crippen LogP contribution in [-0.2, 0) is 4.74 Å². The maximum Gasteiger partial charge on any atom is 0.0678 e. The molecule has 3 nitrogen and oxygen atoms in total. The van der Waals surface area contributed by atoms with E-state index in [9.17, 15) is 0 Å². The number of hydrogen-bond acceptors (Lipinski definition) is 3. The third-order valence-electron chi connectivity index (χ3n) is 5.70. The van der Waals surface area contributed by atoms with Gasteiger partial charge in [-0.1, -0.05) is 20.8 Å². The molecule has 0 aromatic carbocycles. The summed E-state index contributed by atoms with van der Waals surface area (Å²) >= 11 is 0. The Balaban J connectivity index is 1.93. The molecule has 2 fully saturated rings. The molecule has 1 aliphatic heterocycles. The lowest BCUT2D eigenvalue weighted by Crippen LogP contribution is -2.55. The molecule has 1 aliphatic carbocycles. The molecule has 3 unspecified atom stereocenters. The van der Waals surface area contributed by atoms with Gasteiger partial charge in [0.2, 0.25) is 0 Å². The average Bonchev–Trinajstić information content (AvgIpc) is 2.38. The van der Waals surface area contributed by atoms with Crippen LogP contribution in [0.2, 0.25) is 0 Å². The van der Waals surface area contributed by atoms with Crippen molar-refractivity contribution in [1.82, 2.24) is 4.90 Å². The Morgan fingerprint density at radius 1 is 1.05 bits per heavy atom.